The first-order valence-electron chi connectivity index (χ1n) is 6.63. The Bertz CT molecular complexity index is 398. The first kappa shape index (κ1) is 14.4. The molecule has 1 heterocycles. The van der Waals surface area contributed by atoms with Crippen molar-refractivity contribution in [2.45, 2.75) is 33.6 Å². The third kappa shape index (κ3) is 3.99. The quantitative estimate of drug-likeness (QED) is 0.789. The van der Waals surface area contributed by atoms with Gasteiger partial charge < -0.3 is 4.90 Å². The molecule has 0 aromatic heterocycles. The maximum absolute atomic E-state index is 12.0. The summed E-state index contributed by atoms with van der Waals surface area (Å²) >= 11 is 0. The molecule has 0 saturated carbocycles. The van der Waals surface area contributed by atoms with Gasteiger partial charge in [0.1, 0.15) is 5.84 Å². The third-order valence-corrected chi connectivity index (χ3v) is 2.77. The Kier molecular flexibility index (Phi) is 6.12. The fraction of sp³-hybridized carbons (Fsp3) is 0.467. The molecule has 0 bridgehead atoms. The lowest BCUT2D eigenvalue weighted by Gasteiger charge is -2.25. The first-order valence-corrected chi connectivity index (χ1v) is 6.63. The summed E-state index contributed by atoms with van der Waals surface area (Å²) in [6, 6.07) is 9.84. The molecule has 1 aliphatic rings. The van der Waals surface area contributed by atoms with E-state index in [0.717, 1.165) is 30.9 Å². The highest BCUT2D eigenvalue weighted by Crippen LogP contribution is 2.07. The average Bonchev–Trinajstić information content (AvgIpc) is 2.42. The van der Waals surface area contributed by atoms with E-state index >= 15 is 0 Å². The monoisotopic (exact) mass is 246 g/mol. The number of benzene rings is 1. The highest BCUT2D eigenvalue weighted by atomic mass is 16.2. The lowest BCUT2D eigenvalue weighted by molar-refractivity contribution is -0.126. The number of hydrogen-bond donors (Lipinski definition) is 0. The summed E-state index contributed by atoms with van der Waals surface area (Å²) in [6.07, 6.45) is 1.44. The fourth-order valence-electron chi connectivity index (χ4n) is 1.89. The highest BCUT2D eigenvalue weighted by molar-refractivity contribution is 5.98. The number of aliphatic imine (C=N–C) groups is 1. The van der Waals surface area contributed by atoms with Crippen molar-refractivity contribution in [1.82, 2.24) is 4.90 Å². The molecule has 0 unspecified atom stereocenters. The minimum Gasteiger partial charge on any atom is -0.301 e. The van der Waals surface area contributed by atoms with Crippen molar-refractivity contribution in [2.75, 3.05) is 13.1 Å². The Labute approximate surface area is 110 Å². The van der Waals surface area contributed by atoms with E-state index in [-0.39, 0.29) is 5.91 Å². The molecule has 0 fully saturated rings. The minimum atomic E-state index is 0.146. The molecule has 1 aromatic carbocycles. The topological polar surface area (TPSA) is 32.7 Å². The van der Waals surface area contributed by atoms with Crippen molar-refractivity contribution in [2.24, 2.45) is 4.99 Å². The number of rotatable bonds is 2. The molecule has 0 radical (unpaired) electrons. The maximum atomic E-state index is 12.0. The van der Waals surface area contributed by atoms with Crippen LogP contribution in [0.15, 0.2) is 35.3 Å². The van der Waals surface area contributed by atoms with Crippen LogP contribution in [-0.2, 0) is 11.2 Å². The number of carbonyl (C=O) groups excluding carboxylic acids is 1. The van der Waals surface area contributed by atoms with Gasteiger partial charge in [-0.1, -0.05) is 44.2 Å². The van der Waals surface area contributed by atoms with E-state index in [0.29, 0.717) is 6.42 Å². The van der Waals surface area contributed by atoms with Crippen molar-refractivity contribution in [1.29, 1.82) is 0 Å². The van der Waals surface area contributed by atoms with E-state index in [4.69, 9.17) is 0 Å². The van der Waals surface area contributed by atoms with E-state index in [9.17, 15) is 4.79 Å². The van der Waals surface area contributed by atoms with Gasteiger partial charge in [0.25, 0.3) is 0 Å². The highest BCUT2D eigenvalue weighted by Gasteiger charge is 2.18. The Morgan fingerprint density at radius 2 is 1.94 bits per heavy atom. The van der Waals surface area contributed by atoms with Crippen LogP contribution in [-0.4, -0.2) is 29.7 Å². The summed E-state index contributed by atoms with van der Waals surface area (Å²) in [7, 11) is 0. The summed E-state index contributed by atoms with van der Waals surface area (Å²) in [6.45, 7) is 7.56. The second-order valence-corrected chi connectivity index (χ2v) is 3.99. The predicted molar refractivity (Wildman–Crippen MR) is 75.8 cm³/mol. The van der Waals surface area contributed by atoms with Crippen molar-refractivity contribution < 1.29 is 4.79 Å². The summed E-state index contributed by atoms with van der Waals surface area (Å²) in [5, 5.41) is 0. The predicted octanol–water partition coefficient (Wildman–Crippen LogP) is 2.91. The smallest absolute Gasteiger partial charge is 0.232 e. The van der Waals surface area contributed by atoms with Crippen molar-refractivity contribution in [3.63, 3.8) is 0 Å². The Balaban J connectivity index is 0.000000771. The third-order valence-electron chi connectivity index (χ3n) is 2.77. The van der Waals surface area contributed by atoms with Crippen LogP contribution in [0.1, 0.15) is 32.8 Å². The molecule has 98 valence electrons. The van der Waals surface area contributed by atoms with E-state index < -0.39 is 0 Å². The molecule has 18 heavy (non-hydrogen) atoms. The van der Waals surface area contributed by atoms with Gasteiger partial charge in [-0.2, -0.15) is 0 Å². The fourth-order valence-corrected chi connectivity index (χ4v) is 1.89. The lowest BCUT2D eigenvalue weighted by atomic mass is 10.1. The number of amides is 1. The number of hydrogen-bond acceptors (Lipinski definition) is 2. The summed E-state index contributed by atoms with van der Waals surface area (Å²) in [5.41, 5.74) is 1.06. The zero-order chi connectivity index (χ0) is 13.4. The van der Waals surface area contributed by atoms with Gasteiger partial charge in [-0.15, -0.1) is 0 Å². The Morgan fingerprint density at radius 3 is 2.56 bits per heavy atom. The Hall–Kier alpha value is -1.64. The molecule has 2 rings (SSSR count). The van der Waals surface area contributed by atoms with E-state index in [1.807, 2.05) is 51.1 Å². The average molecular weight is 246 g/mol. The number of amidine groups is 1. The van der Waals surface area contributed by atoms with Crippen molar-refractivity contribution in [3.05, 3.63) is 35.9 Å². The second kappa shape index (κ2) is 7.64. The Morgan fingerprint density at radius 1 is 1.28 bits per heavy atom. The zero-order valence-corrected chi connectivity index (χ0v) is 11.5. The molecule has 0 atom stereocenters. The standard InChI is InChI=1S/C13H16N2O.C2H6/c1-11-14-8-5-9-15(11)13(16)10-12-6-3-2-4-7-12;1-2/h2-4,6-7H,5,8-10H2,1H3;1-2H3. The van der Waals surface area contributed by atoms with Gasteiger partial charge in [0.05, 0.1) is 6.42 Å². The summed E-state index contributed by atoms with van der Waals surface area (Å²) < 4.78 is 0. The maximum Gasteiger partial charge on any atom is 0.232 e. The number of nitrogens with zero attached hydrogens (tertiary/aromatic N) is 2. The molecule has 1 aliphatic heterocycles. The molecule has 1 aromatic rings. The first-order chi connectivity index (χ1) is 8.77. The minimum absolute atomic E-state index is 0.146. The molecular weight excluding hydrogens is 224 g/mol. The van der Waals surface area contributed by atoms with Crippen molar-refractivity contribution in [3.8, 4) is 0 Å². The van der Waals surface area contributed by atoms with Gasteiger partial charge in [0.2, 0.25) is 5.91 Å². The lowest BCUT2D eigenvalue weighted by Crippen LogP contribution is -2.39. The van der Waals surface area contributed by atoms with Crippen LogP contribution in [0.2, 0.25) is 0 Å². The zero-order valence-electron chi connectivity index (χ0n) is 11.5. The van der Waals surface area contributed by atoms with Crippen LogP contribution in [0.3, 0.4) is 0 Å². The molecule has 3 heteroatoms. The normalized spacial score (nSPS) is 14.4. The van der Waals surface area contributed by atoms with Crippen LogP contribution in [0.4, 0.5) is 0 Å². The van der Waals surface area contributed by atoms with E-state index in [1.54, 1.807) is 4.90 Å². The van der Waals surface area contributed by atoms with Crippen LogP contribution in [0.5, 0.6) is 0 Å². The van der Waals surface area contributed by atoms with Crippen molar-refractivity contribution >= 4 is 11.7 Å². The van der Waals surface area contributed by atoms with E-state index in [2.05, 4.69) is 4.99 Å². The van der Waals surface area contributed by atoms with E-state index in [1.165, 1.54) is 0 Å². The molecule has 3 nitrogen and oxygen atoms in total. The molecule has 0 saturated heterocycles. The van der Waals surface area contributed by atoms with Crippen LogP contribution in [0.25, 0.3) is 0 Å². The second-order valence-electron chi connectivity index (χ2n) is 3.99. The largest absolute Gasteiger partial charge is 0.301 e. The van der Waals surface area contributed by atoms with Crippen LogP contribution in [0, 0.1) is 0 Å². The summed E-state index contributed by atoms with van der Waals surface area (Å²) in [5.74, 6) is 0.999. The van der Waals surface area contributed by atoms with Gasteiger partial charge in [0, 0.05) is 13.1 Å². The van der Waals surface area contributed by atoms with Gasteiger partial charge in [-0.3, -0.25) is 9.79 Å². The SMILES string of the molecule is CC.CC1=NCCCN1C(=O)Cc1ccccc1. The number of carbonyl (C=O) groups is 1. The molecule has 0 spiro atoms. The van der Waals surface area contributed by atoms with Gasteiger partial charge >= 0.3 is 0 Å². The molecule has 0 N–H and O–H groups in total. The van der Waals surface area contributed by atoms with Gasteiger partial charge in [0.15, 0.2) is 0 Å². The van der Waals surface area contributed by atoms with Gasteiger partial charge in [-0.25, -0.2) is 0 Å². The van der Waals surface area contributed by atoms with Crippen LogP contribution >= 0.6 is 0 Å². The van der Waals surface area contributed by atoms with Crippen LogP contribution < -0.4 is 0 Å². The molecule has 1 amide bonds. The van der Waals surface area contributed by atoms with Gasteiger partial charge in [-0.05, 0) is 18.9 Å². The molecular formula is C15H22N2O. The molecule has 0 aliphatic carbocycles. The summed E-state index contributed by atoms with van der Waals surface area (Å²) in [4.78, 5) is 18.1.